The van der Waals surface area contributed by atoms with Gasteiger partial charge in [0.2, 0.25) is 0 Å². The van der Waals surface area contributed by atoms with Crippen molar-refractivity contribution in [1.29, 1.82) is 0 Å². The molecule has 1 aliphatic rings. The van der Waals surface area contributed by atoms with Crippen molar-refractivity contribution in [2.24, 2.45) is 5.73 Å². The second-order valence-corrected chi connectivity index (χ2v) is 7.77. The van der Waals surface area contributed by atoms with Crippen LogP contribution >= 0.6 is 11.6 Å². The standard InChI is InChI=1S/C16H15ClN2O4S/c1-10-2-5-12(6-3-10)24(21,22)19-9-15(16(18)20)23-14-7-4-11(17)8-13(14)19/h2-8,15H,9H2,1H3,(H2,18,20)/t15-/m1/s1. The van der Waals surface area contributed by atoms with Crippen LogP contribution in [-0.2, 0) is 14.8 Å². The van der Waals surface area contributed by atoms with Crippen LogP contribution in [0.1, 0.15) is 5.56 Å². The molecule has 1 aliphatic heterocycles. The van der Waals surface area contributed by atoms with E-state index in [0.717, 1.165) is 9.87 Å². The van der Waals surface area contributed by atoms with Gasteiger partial charge in [0.15, 0.2) is 6.10 Å². The molecule has 2 aromatic rings. The Bertz CT molecular complexity index is 897. The molecule has 0 spiro atoms. The number of benzene rings is 2. The molecule has 2 N–H and O–H groups in total. The average molecular weight is 367 g/mol. The van der Waals surface area contributed by atoms with Gasteiger partial charge in [0.05, 0.1) is 17.1 Å². The molecule has 0 radical (unpaired) electrons. The summed E-state index contributed by atoms with van der Waals surface area (Å²) in [6.45, 7) is 1.65. The second-order valence-electron chi connectivity index (χ2n) is 5.47. The molecule has 0 saturated heterocycles. The van der Waals surface area contributed by atoms with Crippen LogP contribution < -0.4 is 14.8 Å². The summed E-state index contributed by atoms with van der Waals surface area (Å²) in [5, 5.41) is 0.360. The van der Waals surface area contributed by atoms with Crippen LogP contribution in [-0.4, -0.2) is 27.0 Å². The van der Waals surface area contributed by atoms with Crippen molar-refractivity contribution >= 4 is 33.2 Å². The Morgan fingerprint density at radius 2 is 1.92 bits per heavy atom. The highest BCUT2D eigenvalue weighted by Crippen LogP contribution is 2.38. The lowest BCUT2D eigenvalue weighted by atomic mass is 10.2. The SMILES string of the molecule is Cc1ccc(S(=O)(=O)N2C[C@H](C(N)=O)Oc3ccc(Cl)cc32)cc1. The Morgan fingerprint density at radius 1 is 1.25 bits per heavy atom. The normalized spacial score (nSPS) is 17.1. The van der Waals surface area contributed by atoms with Crippen LogP contribution in [0.25, 0.3) is 0 Å². The van der Waals surface area contributed by atoms with Gasteiger partial charge in [0, 0.05) is 5.02 Å². The van der Waals surface area contributed by atoms with Crippen LogP contribution in [0.4, 0.5) is 5.69 Å². The van der Waals surface area contributed by atoms with E-state index in [-0.39, 0.29) is 22.9 Å². The third-order valence-corrected chi connectivity index (χ3v) is 5.75. The third kappa shape index (κ3) is 2.92. The quantitative estimate of drug-likeness (QED) is 0.900. The Hall–Kier alpha value is -2.25. The third-order valence-electron chi connectivity index (χ3n) is 3.72. The monoisotopic (exact) mass is 366 g/mol. The minimum atomic E-state index is -3.89. The highest BCUT2D eigenvalue weighted by molar-refractivity contribution is 7.92. The predicted octanol–water partition coefficient (Wildman–Crippen LogP) is 2.09. The summed E-state index contributed by atoms with van der Waals surface area (Å²) in [4.78, 5) is 11.6. The van der Waals surface area contributed by atoms with Gasteiger partial charge in [0.1, 0.15) is 5.75 Å². The van der Waals surface area contributed by atoms with Crippen molar-refractivity contribution in [3.8, 4) is 5.75 Å². The Labute approximate surface area is 144 Å². The number of rotatable bonds is 3. The van der Waals surface area contributed by atoms with Crippen LogP contribution in [0, 0.1) is 6.92 Å². The van der Waals surface area contributed by atoms with Crippen molar-refractivity contribution < 1.29 is 17.9 Å². The summed E-state index contributed by atoms with van der Waals surface area (Å²) in [7, 11) is -3.89. The van der Waals surface area contributed by atoms with Gasteiger partial charge in [-0.1, -0.05) is 29.3 Å². The highest BCUT2D eigenvalue weighted by Gasteiger charge is 2.36. The minimum absolute atomic E-state index is 0.115. The summed E-state index contributed by atoms with van der Waals surface area (Å²) >= 11 is 5.99. The van der Waals surface area contributed by atoms with Crippen molar-refractivity contribution in [3.63, 3.8) is 0 Å². The number of hydrogen-bond donors (Lipinski definition) is 1. The molecule has 1 amide bonds. The molecule has 0 fully saturated rings. The number of amides is 1. The summed E-state index contributed by atoms with van der Waals surface area (Å²) < 4.78 is 32.6. The number of anilines is 1. The van der Waals surface area contributed by atoms with E-state index in [4.69, 9.17) is 22.1 Å². The second kappa shape index (κ2) is 5.99. The van der Waals surface area contributed by atoms with E-state index in [1.165, 1.54) is 24.3 Å². The summed E-state index contributed by atoms with van der Waals surface area (Å²) in [5.74, 6) is -0.496. The van der Waals surface area contributed by atoms with Crippen LogP contribution in [0.2, 0.25) is 5.02 Å². The molecule has 1 heterocycles. The van der Waals surface area contributed by atoms with Crippen LogP contribution in [0.5, 0.6) is 5.75 Å². The van der Waals surface area contributed by atoms with E-state index in [0.29, 0.717) is 5.02 Å². The Morgan fingerprint density at radius 3 is 2.54 bits per heavy atom. The fraction of sp³-hybridized carbons (Fsp3) is 0.188. The molecule has 0 unspecified atom stereocenters. The number of nitrogens with zero attached hydrogens (tertiary/aromatic N) is 1. The molecule has 24 heavy (non-hydrogen) atoms. The highest BCUT2D eigenvalue weighted by atomic mass is 35.5. The Balaban J connectivity index is 2.13. The van der Waals surface area contributed by atoms with Crippen LogP contribution in [0.15, 0.2) is 47.4 Å². The number of carbonyl (C=O) groups excluding carboxylic acids is 1. The van der Waals surface area contributed by atoms with E-state index < -0.39 is 22.0 Å². The summed E-state index contributed by atoms with van der Waals surface area (Å²) in [6.07, 6.45) is -1.07. The van der Waals surface area contributed by atoms with Gasteiger partial charge in [0.25, 0.3) is 15.9 Å². The predicted molar refractivity (Wildman–Crippen MR) is 90.8 cm³/mol. The smallest absolute Gasteiger partial charge is 0.264 e. The molecule has 0 bridgehead atoms. The fourth-order valence-electron chi connectivity index (χ4n) is 2.44. The van der Waals surface area contributed by atoms with Gasteiger partial charge >= 0.3 is 0 Å². The first kappa shape index (κ1) is 16.6. The minimum Gasteiger partial charge on any atom is -0.476 e. The molecular weight excluding hydrogens is 352 g/mol. The molecular formula is C16H15ClN2O4S. The topological polar surface area (TPSA) is 89.7 Å². The lowest BCUT2D eigenvalue weighted by Gasteiger charge is -2.34. The fourth-order valence-corrected chi connectivity index (χ4v) is 4.07. The molecule has 126 valence electrons. The maximum Gasteiger partial charge on any atom is 0.264 e. The maximum absolute atomic E-state index is 13.0. The molecule has 0 aliphatic carbocycles. The summed E-state index contributed by atoms with van der Waals surface area (Å²) in [5.41, 5.74) is 6.52. The van der Waals surface area contributed by atoms with E-state index >= 15 is 0 Å². The number of aryl methyl sites for hydroxylation is 1. The van der Waals surface area contributed by atoms with Gasteiger partial charge in [-0.15, -0.1) is 0 Å². The first-order valence-electron chi connectivity index (χ1n) is 7.14. The largest absolute Gasteiger partial charge is 0.476 e. The lowest BCUT2D eigenvalue weighted by molar-refractivity contribution is -0.124. The number of carbonyl (C=O) groups is 1. The van der Waals surface area contributed by atoms with Gasteiger partial charge < -0.3 is 10.5 Å². The molecule has 3 rings (SSSR count). The van der Waals surface area contributed by atoms with Gasteiger partial charge in [-0.3, -0.25) is 9.10 Å². The zero-order valence-corrected chi connectivity index (χ0v) is 14.3. The average Bonchev–Trinajstić information content (AvgIpc) is 2.54. The number of primary amides is 1. The number of halogens is 1. The van der Waals surface area contributed by atoms with Gasteiger partial charge in [-0.25, -0.2) is 8.42 Å². The molecule has 1 atom stereocenters. The molecule has 0 saturated carbocycles. The van der Waals surface area contributed by atoms with Crippen LogP contribution in [0.3, 0.4) is 0 Å². The zero-order valence-electron chi connectivity index (χ0n) is 12.8. The number of ether oxygens (including phenoxy) is 1. The van der Waals surface area contributed by atoms with E-state index in [2.05, 4.69) is 0 Å². The van der Waals surface area contributed by atoms with Gasteiger partial charge in [-0.05, 0) is 37.3 Å². The number of sulfonamides is 1. The first-order chi connectivity index (χ1) is 11.3. The molecule has 2 aromatic carbocycles. The zero-order chi connectivity index (χ0) is 17.5. The molecule has 6 nitrogen and oxygen atoms in total. The van der Waals surface area contributed by atoms with Crippen molar-refractivity contribution in [2.45, 2.75) is 17.9 Å². The van der Waals surface area contributed by atoms with Crippen molar-refractivity contribution in [2.75, 3.05) is 10.8 Å². The van der Waals surface area contributed by atoms with E-state index in [9.17, 15) is 13.2 Å². The first-order valence-corrected chi connectivity index (χ1v) is 8.96. The lowest BCUT2D eigenvalue weighted by Crippen LogP contribution is -2.49. The maximum atomic E-state index is 13.0. The summed E-state index contributed by atoms with van der Waals surface area (Å²) in [6, 6.07) is 11.0. The van der Waals surface area contributed by atoms with Gasteiger partial charge in [-0.2, -0.15) is 0 Å². The van der Waals surface area contributed by atoms with Crippen molar-refractivity contribution in [1.82, 2.24) is 0 Å². The number of nitrogens with two attached hydrogens (primary N) is 1. The number of hydrogen-bond acceptors (Lipinski definition) is 4. The molecule has 8 heteroatoms. The Kier molecular flexibility index (Phi) is 4.15. The van der Waals surface area contributed by atoms with E-state index in [1.54, 1.807) is 18.2 Å². The molecule has 0 aromatic heterocycles. The van der Waals surface area contributed by atoms with Crippen molar-refractivity contribution in [3.05, 3.63) is 53.1 Å². The van der Waals surface area contributed by atoms with E-state index in [1.807, 2.05) is 6.92 Å². The number of fused-ring (bicyclic) bond motifs is 1.